The molecule has 0 radical (unpaired) electrons. The number of rotatable bonds is 4. The average Bonchev–Trinajstić information content (AvgIpc) is 3.04. The predicted molar refractivity (Wildman–Crippen MR) is 87.0 cm³/mol. The molecule has 4 aromatic rings. The summed E-state index contributed by atoms with van der Waals surface area (Å²) in [6.45, 7) is 0.316. The van der Waals surface area contributed by atoms with Gasteiger partial charge in [-0.05, 0) is 24.3 Å². The molecule has 0 N–H and O–H groups in total. The Morgan fingerprint density at radius 2 is 1.52 bits per heavy atom. The van der Waals surface area contributed by atoms with Crippen LogP contribution < -0.4 is 4.74 Å². The topological polar surface area (TPSA) is 52.3 Å². The summed E-state index contributed by atoms with van der Waals surface area (Å²) in [5.74, 6) is 1.46. The molecule has 2 aromatic heterocycles. The average molecular weight is 302 g/mol. The first-order valence-corrected chi connectivity index (χ1v) is 7.35. The van der Waals surface area contributed by atoms with E-state index in [2.05, 4.69) is 15.3 Å². The number of aromatic nitrogens is 4. The third-order valence-corrected chi connectivity index (χ3v) is 3.51. The van der Waals surface area contributed by atoms with Crippen LogP contribution in [0.5, 0.6) is 5.75 Å². The minimum Gasteiger partial charge on any atom is -0.486 e. The Morgan fingerprint density at radius 3 is 2.30 bits per heavy atom. The van der Waals surface area contributed by atoms with Gasteiger partial charge in [0.1, 0.15) is 12.4 Å². The Balaban J connectivity index is 1.65. The molecule has 112 valence electrons. The lowest BCUT2D eigenvalue weighted by molar-refractivity contribution is 0.292. The van der Waals surface area contributed by atoms with Gasteiger partial charge in [0, 0.05) is 5.56 Å². The fourth-order valence-electron chi connectivity index (χ4n) is 2.35. The molecule has 4 rings (SSSR count). The van der Waals surface area contributed by atoms with Gasteiger partial charge in [0.05, 0.1) is 5.69 Å². The summed E-state index contributed by atoms with van der Waals surface area (Å²) in [4.78, 5) is 0. The molecule has 5 nitrogen and oxygen atoms in total. The van der Waals surface area contributed by atoms with Gasteiger partial charge in [-0.2, -0.15) is 9.61 Å². The highest BCUT2D eigenvalue weighted by Gasteiger charge is 2.09. The summed E-state index contributed by atoms with van der Waals surface area (Å²) < 4.78 is 7.47. The van der Waals surface area contributed by atoms with Crippen molar-refractivity contribution in [1.29, 1.82) is 0 Å². The highest BCUT2D eigenvalue weighted by Crippen LogP contribution is 2.17. The largest absolute Gasteiger partial charge is 0.486 e. The summed E-state index contributed by atoms with van der Waals surface area (Å²) in [7, 11) is 0. The second-order valence-electron chi connectivity index (χ2n) is 5.07. The van der Waals surface area contributed by atoms with Crippen LogP contribution in [-0.4, -0.2) is 19.8 Å². The van der Waals surface area contributed by atoms with E-state index in [0.717, 1.165) is 17.0 Å². The first-order valence-electron chi connectivity index (χ1n) is 7.35. The minimum absolute atomic E-state index is 0.316. The fourth-order valence-corrected chi connectivity index (χ4v) is 2.35. The normalized spacial score (nSPS) is 10.8. The third kappa shape index (κ3) is 2.76. The molecule has 23 heavy (non-hydrogen) atoms. The Morgan fingerprint density at radius 1 is 0.783 bits per heavy atom. The van der Waals surface area contributed by atoms with E-state index in [1.54, 1.807) is 4.52 Å². The van der Waals surface area contributed by atoms with Gasteiger partial charge in [0.25, 0.3) is 0 Å². The van der Waals surface area contributed by atoms with Crippen molar-refractivity contribution in [3.8, 4) is 17.0 Å². The van der Waals surface area contributed by atoms with Crippen molar-refractivity contribution < 1.29 is 4.74 Å². The summed E-state index contributed by atoms with van der Waals surface area (Å²) in [5.41, 5.74) is 2.63. The Bertz CT molecular complexity index is 920. The van der Waals surface area contributed by atoms with Crippen LogP contribution in [0.2, 0.25) is 0 Å². The molecule has 0 atom stereocenters. The first kappa shape index (κ1) is 13.5. The summed E-state index contributed by atoms with van der Waals surface area (Å²) >= 11 is 0. The molecule has 0 fully saturated rings. The second-order valence-corrected chi connectivity index (χ2v) is 5.07. The molecule has 0 amide bonds. The molecule has 0 spiro atoms. The molecule has 2 heterocycles. The van der Waals surface area contributed by atoms with Gasteiger partial charge in [-0.25, -0.2) is 0 Å². The molecule has 0 aliphatic carbocycles. The van der Waals surface area contributed by atoms with Crippen molar-refractivity contribution >= 4 is 5.65 Å². The quantitative estimate of drug-likeness (QED) is 0.580. The van der Waals surface area contributed by atoms with Gasteiger partial charge in [-0.1, -0.05) is 48.5 Å². The molecule has 0 bridgehead atoms. The van der Waals surface area contributed by atoms with E-state index in [9.17, 15) is 0 Å². The van der Waals surface area contributed by atoms with E-state index in [1.165, 1.54) is 0 Å². The maximum absolute atomic E-state index is 5.74. The zero-order valence-corrected chi connectivity index (χ0v) is 12.3. The molecule has 0 aliphatic heterocycles. The van der Waals surface area contributed by atoms with Crippen molar-refractivity contribution in [1.82, 2.24) is 19.8 Å². The number of fused-ring (bicyclic) bond motifs is 1. The van der Waals surface area contributed by atoms with E-state index in [-0.39, 0.29) is 0 Å². The highest BCUT2D eigenvalue weighted by atomic mass is 16.5. The monoisotopic (exact) mass is 302 g/mol. The zero-order chi connectivity index (χ0) is 15.5. The summed E-state index contributed by atoms with van der Waals surface area (Å²) in [6, 6.07) is 23.5. The highest BCUT2D eigenvalue weighted by molar-refractivity contribution is 5.59. The Labute approximate surface area is 133 Å². The molecule has 0 unspecified atom stereocenters. The summed E-state index contributed by atoms with van der Waals surface area (Å²) in [6.07, 6.45) is 0. The lowest BCUT2D eigenvalue weighted by Gasteiger charge is -2.05. The zero-order valence-electron chi connectivity index (χ0n) is 12.3. The number of benzene rings is 2. The molecule has 2 aromatic carbocycles. The number of ether oxygens (including phenoxy) is 1. The Kier molecular flexibility index (Phi) is 3.44. The van der Waals surface area contributed by atoms with Crippen molar-refractivity contribution in [3.63, 3.8) is 0 Å². The molecule has 0 saturated carbocycles. The van der Waals surface area contributed by atoms with Crippen molar-refractivity contribution in [2.45, 2.75) is 6.61 Å². The van der Waals surface area contributed by atoms with Crippen LogP contribution in [0.15, 0.2) is 72.8 Å². The molecular formula is C18H14N4O. The van der Waals surface area contributed by atoms with Crippen molar-refractivity contribution in [2.24, 2.45) is 0 Å². The maximum atomic E-state index is 5.74. The lowest BCUT2D eigenvalue weighted by Crippen LogP contribution is -2.04. The molecule has 5 heteroatoms. The first-order chi connectivity index (χ1) is 11.4. The standard InChI is InChI=1S/C18H14N4O/c1-3-7-14(8-4-1)16-11-12-17-19-20-18(22(17)21-16)13-23-15-9-5-2-6-10-15/h1-12H,13H2. The van der Waals surface area contributed by atoms with Crippen LogP contribution in [-0.2, 0) is 6.61 Å². The summed E-state index contributed by atoms with van der Waals surface area (Å²) in [5, 5.41) is 12.9. The number of nitrogens with zero attached hydrogens (tertiary/aromatic N) is 4. The molecule has 0 aliphatic rings. The fraction of sp³-hybridized carbons (Fsp3) is 0.0556. The van der Waals surface area contributed by atoms with Crippen LogP contribution in [0, 0.1) is 0 Å². The lowest BCUT2D eigenvalue weighted by atomic mass is 10.1. The van der Waals surface area contributed by atoms with Gasteiger partial charge in [0.15, 0.2) is 11.5 Å². The molecular weight excluding hydrogens is 288 g/mol. The number of para-hydroxylation sites is 1. The van der Waals surface area contributed by atoms with Crippen LogP contribution >= 0.6 is 0 Å². The van der Waals surface area contributed by atoms with E-state index in [4.69, 9.17) is 4.74 Å². The van der Waals surface area contributed by atoms with E-state index in [0.29, 0.717) is 18.1 Å². The Hall–Kier alpha value is -3.21. The van der Waals surface area contributed by atoms with Gasteiger partial charge < -0.3 is 4.74 Å². The van der Waals surface area contributed by atoms with Gasteiger partial charge in [-0.15, -0.1) is 10.2 Å². The molecule has 0 saturated heterocycles. The van der Waals surface area contributed by atoms with E-state index >= 15 is 0 Å². The van der Waals surface area contributed by atoms with Gasteiger partial charge in [-0.3, -0.25) is 0 Å². The van der Waals surface area contributed by atoms with Crippen LogP contribution in [0.3, 0.4) is 0 Å². The van der Waals surface area contributed by atoms with E-state index < -0.39 is 0 Å². The van der Waals surface area contributed by atoms with Crippen LogP contribution in [0.4, 0.5) is 0 Å². The van der Waals surface area contributed by atoms with Crippen LogP contribution in [0.1, 0.15) is 5.82 Å². The third-order valence-electron chi connectivity index (χ3n) is 3.51. The van der Waals surface area contributed by atoms with Gasteiger partial charge in [0.2, 0.25) is 0 Å². The minimum atomic E-state index is 0.316. The second kappa shape index (κ2) is 5.88. The number of hydrogen-bond donors (Lipinski definition) is 0. The number of hydrogen-bond acceptors (Lipinski definition) is 4. The van der Waals surface area contributed by atoms with Gasteiger partial charge >= 0.3 is 0 Å². The SMILES string of the molecule is c1ccc(OCc2nnc3ccc(-c4ccccc4)nn23)cc1. The van der Waals surface area contributed by atoms with Crippen LogP contribution in [0.25, 0.3) is 16.9 Å². The predicted octanol–water partition coefficient (Wildman–Crippen LogP) is 3.37. The van der Waals surface area contributed by atoms with Crippen molar-refractivity contribution in [3.05, 3.63) is 78.6 Å². The maximum Gasteiger partial charge on any atom is 0.192 e. The van der Waals surface area contributed by atoms with E-state index in [1.807, 2.05) is 72.8 Å². The van der Waals surface area contributed by atoms with Crippen molar-refractivity contribution in [2.75, 3.05) is 0 Å². The smallest absolute Gasteiger partial charge is 0.192 e.